The van der Waals surface area contributed by atoms with Crippen LogP contribution in [0.15, 0.2) is 28.7 Å². The fourth-order valence-electron chi connectivity index (χ4n) is 1.31. The molecule has 0 saturated heterocycles. The van der Waals surface area contributed by atoms with E-state index in [1.54, 1.807) is 31.2 Å². The third-order valence-corrected chi connectivity index (χ3v) is 2.34. The number of halogens is 1. The van der Waals surface area contributed by atoms with Crippen molar-refractivity contribution in [2.75, 3.05) is 0 Å². The Morgan fingerprint density at radius 3 is 2.50 bits per heavy atom. The number of hydrogen-bond acceptors (Lipinski definition) is 3. The minimum Gasteiger partial charge on any atom is -0.476 e. The third-order valence-electron chi connectivity index (χ3n) is 2.09. The van der Waals surface area contributed by atoms with E-state index in [1.807, 2.05) is 0 Å². The SMILES string of the molecule is Cc1oc(-c2ccc(Cl)cc2)nc1C(=O)O. The molecule has 0 radical (unpaired) electrons. The van der Waals surface area contributed by atoms with E-state index in [0.29, 0.717) is 10.6 Å². The van der Waals surface area contributed by atoms with Crippen LogP contribution < -0.4 is 0 Å². The van der Waals surface area contributed by atoms with E-state index in [1.165, 1.54) is 0 Å². The van der Waals surface area contributed by atoms with Gasteiger partial charge in [0.15, 0.2) is 5.69 Å². The van der Waals surface area contributed by atoms with Crippen molar-refractivity contribution in [2.24, 2.45) is 0 Å². The zero-order chi connectivity index (χ0) is 11.7. The standard InChI is InChI=1S/C11H8ClNO3/c1-6-9(11(14)15)13-10(16-6)7-2-4-8(12)5-3-7/h2-5H,1H3,(H,14,15). The molecule has 0 aliphatic rings. The first-order chi connectivity index (χ1) is 7.58. The first-order valence-corrected chi connectivity index (χ1v) is 4.92. The Morgan fingerprint density at radius 2 is 2.00 bits per heavy atom. The summed E-state index contributed by atoms with van der Waals surface area (Å²) in [6, 6.07) is 6.83. The predicted molar refractivity (Wildman–Crippen MR) is 58.6 cm³/mol. The summed E-state index contributed by atoms with van der Waals surface area (Å²) < 4.78 is 5.27. The Balaban J connectivity index is 2.45. The molecule has 0 bridgehead atoms. The van der Waals surface area contributed by atoms with Gasteiger partial charge in [-0.2, -0.15) is 0 Å². The molecule has 0 spiro atoms. The number of benzene rings is 1. The second-order valence-electron chi connectivity index (χ2n) is 3.24. The largest absolute Gasteiger partial charge is 0.476 e. The Kier molecular flexibility index (Phi) is 2.66. The Labute approximate surface area is 96.5 Å². The van der Waals surface area contributed by atoms with Crippen LogP contribution in [0.4, 0.5) is 0 Å². The maximum atomic E-state index is 10.8. The van der Waals surface area contributed by atoms with E-state index >= 15 is 0 Å². The number of aryl methyl sites for hydroxylation is 1. The number of carbonyl (C=O) groups is 1. The highest BCUT2D eigenvalue weighted by Gasteiger charge is 2.16. The number of oxazole rings is 1. The van der Waals surface area contributed by atoms with Gasteiger partial charge in [-0.05, 0) is 31.2 Å². The second kappa shape index (κ2) is 3.98. The van der Waals surface area contributed by atoms with Crippen LogP contribution in [-0.2, 0) is 0 Å². The van der Waals surface area contributed by atoms with Crippen molar-refractivity contribution >= 4 is 17.6 Å². The van der Waals surface area contributed by atoms with Gasteiger partial charge >= 0.3 is 5.97 Å². The van der Waals surface area contributed by atoms with Gasteiger partial charge in [-0.15, -0.1) is 0 Å². The summed E-state index contributed by atoms with van der Waals surface area (Å²) in [5, 5.41) is 9.43. The lowest BCUT2D eigenvalue weighted by molar-refractivity contribution is 0.0689. The first-order valence-electron chi connectivity index (χ1n) is 4.54. The molecule has 0 aliphatic heterocycles. The average molecular weight is 238 g/mol. The Morgan fingerprint density at radius 1 is 1.38 bits per heavy atom. The molecule has 0 atom stereocenters. The average Bonchev–Trinajstić information content (AvgIpc) is 2.61. The molecule has 0 amide bonds. The maximum Gasteiger partial charge on any atom is 0.358 e. The molecule has 0 unspecified atom stereocenters. The van der Waals surface area contributed by atoms with E-state index in [-0.39, 0.29) is 17.3 Å². The van der Waals surface area contributed by atoms with Gasteiger partial charge in [-0.25, -0.2) is 9.78 Å². The summed E-state index contributed by atoms with van der Waals surface area (Å²) in [5.41, 5.74) is 0.630. The minimum atomic E-state index is -1.10. The van der Waals surface area contributed by atoms with Crippen LogP contribution in [0.2, 0.25) is 5.02 Å². The van der Waals surface area contributed by atoms with Crippen LogP contribution in [0.3, 0.4) is 0 Å². The highest BCUT2D eigenvalue weighted by Crippen LogP contribution is 2.23. The van der Waals surface area contributed by atoms with Gasteiger partial charge < -0.3 is 9.52 Å². The summed E-state index contributed by atoms with van der Waals surface area (Å²) in [7, 11) is 0. The molecule has 0 fully saturated rings. The van der Waals surface area contributed by atoms with Gasteiger partial charge in [0, 0.05) is 10.6 Å². The monoisotopic (exact) mass is 237 g/mol. The van der Waals surface area contributed by atoms with Gasteiger partial charge in [-0.3, -0.25) is 0 Å². The lowest BCUT2D eigenvalue weighted by atomic mass is 10.2. The van der Waals surface area contributed by atoms with Crippen molar-refractivity contribution in [3.8, 4) is 11.5 Å². The molecule has 0 aliphatic carbocycles. The fourth-order valence-corrected chi connectivity index (χ4v) is 1.44. The summed E-state index contributed by atoms with van der Waals surface area (Å²) in [5.74, 6) is -0.523. The zero-order valence-corrected chi connectivity index (χ0v) is 9.15. The van der Waals surface area contributed by atoms with E-state index in [9.17, 15) is 4.79 Å². The van der Waals surface area contributed by atoms with Gasteiger partial charge in [0.05, 0.1) is 0 Å². The normalized spacial score (nSPS) is 10.4. The first kappa shape index (κ1) is 10.7. The summed E-state index contributed by atoms with van der Waals surface area (Å²) in [6.45, 7) is 1.57. The molecule has 2 aromatic rings. The van der Waals surface area contributed by atoms with Crippen LogP contribution in [0, 0.1) is 6.92 Å². The van der Waals surface area contributed by atoms with Crippen molar-refractivity contribution in [1.82, 2.24) is 4.98 Å². The Bertz CT molecular complexity index is 531. The lowest BCUT2D eigenvalue weighted by Gasteiger charge is -1.94. The van der Waals surface area contributed by atoms with Crippen LogP contribution in [-0.4, -0.2) is 16.1 Å². The molecule has 82 valence electrons. The number of rotatable bonds is 2. The van der Waals surface area contributed by atoms with Crippen molar-refractivity contribution in [3.05, 3.63) is 40.7 Å². The lowest BCUT2D eigenvalue weighted by Crippen LogP contribution is -1.98. The quantitative estimate of drug-likeness (QED) is 0.872. The summed E-state index contributed by atoms with van der Waals surface area (Å²) in [6.07, 6.45) is 0. The molecular weight excluding hydrogens is 230 g/mol. The number of carboxylic acid groups (broad SMARTS) is 1. The van der Waals surface area contributed by atoms with Crippen LogP contribution in [0.25, 0.3) is 11.5 Å². The van der Waals surface area contributed by atoms with Crippen molar-refractivity contribution in [1.29, 1.82) is 0 Å². The smallest absolute Gasteiger partial charge is 0.358 e. The molecule has 1 aromatic heterocycles. The molecule has 16 heavy (non-hydrogen) atoms. The van der Waals surface area contributed by atoms with Gasteiger partial charge in [0.2, 0.25) is 5.89 Å². The number of hydrogen-bond donors (Lipinski definition) is 1. The zero-order valence-electron chi connectivity index (χ0n) is 8.40. The van der Waals surface area contributed by atoms with Crippen LogP contribution >= 0.6 is 11.6 Å². The van der Waals surface area contributed by atoms with Crippen molar-refractivity contribution in [3.63, 3.8) is 0 Å². The van der Waals surface area contributed by atoms with Crippen LogP contribution in [0.5, 0.6) is 0 Å². The number of carboxylic acids is 1. The Hall–Kier alpha value is -1.81. The van der Waals surface area contributed by atoms with Gasteiger partial charge in [0.1, 0.15) is 5.76 Å². The fraction of sp³-hybridized carbons (Fsp3) is 0.0909. The molecule has 4 nitrogen and oxygen atoms in total. The van der Waals surface area contributed by atoms with Crippen LogP contribution in [0.1, 0.15) is 16.2 Å². The van der Waals surface area contributed by atoms with Gasteiger partial charge in [-0.1, -0.05) is 11.6 Å². The van der Waals surface area contributed by atoms with E-state index < -0.39 is 5.97 Å². The topological polar surface area (TPSA) is 63.3 Å². The molecule has 1 aromatic carbocycles. The van der Waals surface area contributed by atoms with Crippen molar-refractivity contribution in [2.45, 2.75) is 6.92 Å². The van der Waals surface area contributed by atoms with E-state index in [2.05, 4.69) is 4.98 Å². The predicted octanol–water partition coefficient (Wildman–Crippen LogP) is 3.00. The third kappa shape index (κ3) is 1.92. The van der Waals surface area contributed by atoms with E-state index in [0.717, 1.165) is 0 Å². The number of nitrogens with zero attached hydrogens (tertiary/aromatic N) is 1. The molecule has 1 heterocycles. The molecular formula is C11H8ClNO3. The number of aromatic carboxylic acids is 1. The van der Waals surface area contributed by atoms with Gasteiger partial charge in [0.25, 0.3) is 0 Å². The molecule has 2 rings (SSSR count). The highest BCUT2D eigenvalue weighted by molar-refractivity contribution is 6.30. The minimum absolute atomic E-state index is 0.0649. The molecule has 5 heteroatoms. The molecule has 1 N–H and O–H groups in total. The number of aromatic nitrogens is 1. The maximum absolute atomic E-state index is 10.8. The highest BCUT2D eigenvalue weighted by atomic mass is 35.5. The summed E-state index contributed by atoms with van der Waals surface area (Å²) in [4.78, 5) is 14.7. The molecule has 0 saturated carbocycles. The van der Waals surface area contributed by atoms with E-state index in [4.69, 9.17) is 21.1 Å². The summed E-state index contributed by atoms with van der Waals surface area (Å²) >= 11 is 5.74. The second-order valence-corrected chi connectivity index (χ2v) is 3.67. The van der Waals surface area contributed by atoms with Crippen molar-refractivity contribution < 1.29 is 14.3 Å².